The summed E-state index contributed by atoms with van der Waals surface area (Å²) < 4.78 is 8.05. The van der Waals surface area contributed by atoms with E-state index in [0.29, 0.717) is 40.8 Å². The summed E-state index contributed by atoms with van der Waals surface area (Å²) in [4.78, 5) is 32.7. The number of carbonyl (C=O) groups is 1. The van der Waals surface area contributed by atoms with Crippen molar-refractivity contribution >= 4 is 16.8 Å². The molecule has 2 bridgehead atoms. The first-order valence-corrected chi connectivity index (χ1v) is 11.3. The first-order valence-electron chi connectivity index (χ1n) is 11.3. The fourth-order valence-electron chi connectivity index (χ4n) is 5.40. The molecule has 9 nitrogen and oxygen atoms in total. The Labute approximate surface area is 200 Å². The average Bonchev–Trinajstić information content (AvgIpc) is 3.55. The number of benzene rings is 2. The molecule has 2 aromatic heterocycles. The van der Waals surface area contributed by atoms with Crippen LogP contribution in [0.5, 0.6) is 11.6 Å². The van der Waals surface area contributed by atoms with E-state index in [1.54, 1.807) is 47.0 Å². The molecule has 1 fully saturated rings. The van der Waals surface area contributed by atoms with E-state index < -0.39 is 0 Å². The number of amides is 1. The van der Waals surface area contributed by atoms with Crippen LogP contribution in [0.3, 0.4) is 0 Å². The van der Waals surface area contributed by atoms with E-state index >= 15 is 0 Å². The van der Waals surface area contributed by atoms with Crippen molar-refractivity contribution in [1.82, 2.24) is 19.0 Å². The number of nitriles is 1. The summed E-state index contributed by atoms with van der Waals surface area (Å²) in [6.45, 7) is 0.422. The van der Waals surface area contributed by atoms with E-state index in [0.717, 1.165) is 11.3 Å². The number of carbonyl (C=O) groups excluding carboxylic acids is 1. The number of ether oxygens (including phenoxy) is 1. The number of likely N-dealkylation sites (tertiary alicyclic amines) is 1. The van der Waals surface area contributed by atoms with Crippen LogP contribution in [-0.4, -0.2) is 43.7 Å². The van der Waals surface area contributed by atoms with Crippen LogP contribution in [0.4, 0.5) is 0 Å². The molecule has 2 aliphatic rings. The van der Waals surface area contributed by atoms with Crippen molar-refractivity contribution < 1.29 is 14.6 Å². The van der Waals surface area contributed by atoms with Gasteiger partial charge in [0.1, 0.15) is 17.5 Å². The number of rotatable bonds is 4. The van der Waals surface area contributed by atoms with Gasteiger partial charge in [0, 0.05) is 18.1 Å². The zero-order valence-corrected chi connectivity index (χ0v) is 18.9. The normalized spacial score (nSPS) is 18.0. The van der Waals surface area contributed by atoms with E-state index in [1.165, 1.54) is 4.57 Å². The van der Waals surface area contributed by atoms with Gasteiger partial charge in [0.05, 0.1) is 42.4 Å². The lowest BCUT2D eigenvalue weighted by molar-refractivity contribution is -0.132. The molecule has 9 heteroatoms. The van der Waals surface area contributed by atoms with Crippen LogP contribution in [0.15, 0.2) is 59.5 Å². The summed E-state index contributed by atoms with van der Waals surface area (Å²) in [6, 6.07) is 15.6. The van der Waals surface area contributed by atoms with Gasteiger partial charge in [-0.25, -0.2) is 9.36 Å². The van der Waals surface area contributed by atoms with E-state index in [-0.39, 0.29) is 36.0 Å². The minimum absolute atomic E-state index is 0.0541. The van der Waals surface area contributed by atoms with Crippen LogP contribution in [0.1, 0.15) is 35.3 Å². The second kappa shape index (κ2) is 7.74. The molecule has 174 valence electrons. The Morgan fingerprint density at radius 1 is 1.23 bits per heavy atom. The van der Waals surface area contributed by atoms with Crippen LogP contribution in [0, 0.1) is 11.3 Å². The Hall–Kier alpha value is -4.58. The van der Waals surface area contributed by atoms with E-state index in [9.17, 15) is 20.0 Å². The highest BCUT2D eigenvalue weighted by Crippen LogP contribution is 2.49. The number of fused-ring (bicyclic) bond motifs is 6. The molecule has 1 saturated heterocycles. The van der Waals surface area contributed by atoms with E-state index in [1.807, 2.05) is 24.3 Å². The number of hydrogen-bond acceptors (Lipinski definition) is 6. The van der Waals surface area contributed by atoms with Gasteiger partial charge >= 0.3 is 5.69 Å². The minimum Gasteiger partial charge on any atom is -0.497 e. The van der Waals surface area contributed by atoms with Crippen molar-refractivity contribution in [2.75, 3.05) is 13.7 Å². The number of pyridine rings is 1. The smallest absolute Gasteiger partial charge is 0.336 e. The SMILES string of the molecule is COc1ccc(CC(=O)N2C[C@H]3CC2c2c(O)n(-c4ccc(C#N)c5ncccc45)c(=O)n23)cc1. The molecule has 0 saturated carbocycles. The van der Waals surface area contributed by atoms with Gasteiger partial charge in [-0.15, -0.1) is 0 Å². The minimum atomic E-state index is -0.373. The van der Waals surface area contributed by atoms with Crippen LogP contribution >= 0.6 is 0 Å². The largest absolute Gasteiger partial charge is 0.497 e. The summed E-state index contributed by atoms with van der Waals surface area (Å²) in [6.07, 6.45) is 2.41. The molecule has 4 heterocycles. The Kier molecular flexibility index (Phi) is 4.64. The quantitative estimate of drug-likeness (QED) is 0.494. The molecule has 2 aliphatic heterocycles. The zero-order chi connectivity index (χ0) is 24.3. The molecule has 1 amide bonds. The van der Waals surface area contributed by atoms with Crippen LogP contribution in [0.25, 0.3) is 16.6 Å². The highest BCUT2D eigenvalue weighted by molar-refractivity contribution is 5.91. The van der Waals surface area contributed by atoms with Gasteiger partial charge in [0.2, 0.25) is 11.8 Å². The van der Waals surface area contributed by atoms with E-state index in [4.69, 9.17) is 4.74 Å². The standard InChI is InChI=1S/C26H21N5O4/c1-35-18-7-4-15(5-8-18)11-22(32)29-14-17-12-21(29)24-25(33)31(26(34)30(17)24)20-9-6-16(13-27)23-19(20)3-2-10-28-23/h2-10,17,21,33H,11-12,14H2,1H3/t17-,21?/m1/s1. The lowest BCUT2D eigenvalue weighted by atomic mass is 10.1. The Balaban J connectivity index is 1.38. The number of imidazole rings is 1. The third kappa shape index (κ3) is 3.03. The predicted octanol–water partition coefficient (Wildman–Crippen LogP) is 2.84. The summed E-state index contributed by atoms with van der Waals surface area (Å²) in [7, 11) is 1.59. The van der Waals surface area contributed by atoms with Gasteiger partial charge in [-0.1, -0.05) is 12.1 Å². The summed E-state index contributed by atoms with van der Waals surface area (Å²) >= 11 is 0. The second-order valence-electron chi connectivity index (χ2n) is 8.82. The maximum Gasteiger partial charge on any atom is 0.336 e. The van der Waals surface area contributed by atoms with Crippen molar-refractivity contribution in [2.24, 2.45) is 0 Å². The third-order valence-electron chi connectivity index (χ3n) is 7.00. The molecule has 0 radical (unpaired) electrons. The van der Waals surface area contributed by atoms with Gasteiger partial charge in [-0.05, 0) is 48.4 Å². The lowest BCUT2D eigenvalue weighted by Crippen LogP contribution is -2.38. The average molecular weight is 467 g/mol. The number of hydrogen-bond donors (Lipinski definition) is 1. The topological polar surface area (TPSA) is 113 Å². The van der Waals surface area contributed by atoms with Crippen LogP contribution in [0.2, 0.25) is 0 Å². The highest BCUT2D eigenvalue weighted by atomic mass is 16.5. The van der Waals surface area contributed by atoms with Crippen LogP contribution < -0.4 is 10.4 Å². The third-order valence-corrected chi connectivity index (χ3v) is 7.00. The molecular formula is C26H21N5O4. The molecule has 0 aliphatic carbocycles. The summed E-state index contributed by atoms with van der Waals surface area (Å²) in [5.74, 6) is 0.489. The lowest BCUT2D eigenvalue weighted by Gasteiger charge is -2.27. The van der Waals surface area contributed by atoms with Gasteiger partial charge in [0.15, 0.2) is 0 Å². The predicted molar refractivity (Wildman–Crippen MR) is 127 cm³/mol. The Morgan fingerprint density at radius 3 is 2.77 bits per heavy atom. The van der Waals surface area contributed by atoms with Crippen molar-refractivity contribution in [3.05, 3.63) is 82.0 Å². The molecule has 2 aromatic carbocycles. The molecule has 0 spiro atoms. The van der Waals surface area contributed by atoms with Crippen molar-refractivity contribution in [3.63, 3.8) is 0 Å². The fourth-order valence-corrected chi connectivity index (χ4v) is 5.40. The number of nitrogens with zero attached hydrogens (tertiary/aromatic N) is 5. The monoisotopic (exact) mass is 467 g/mol. The van der Waals surface area contributed by atoms with Crippen molar-refractivity contribution in [2.45, 2.75) is 24.9 Å². The molecule has 2 atom stereocenters. The molecule has 1 unspecified atom stereocenters. The maximum absolute atomic E-state index is 13.5. The van der Waals surface area contributed by atoms with Gasteiger partial charge in [-0.2, -0.15) is 5.26 Å². The molecule has 35 heavy (non-hydrogen) atoms. The van der Waals surface area contributed by atoms with Crippen molar-refractivity contribution in [1.29, 1.82) is 5.26 Å². The second-order valence-corrected chi connectivity index (χ2v) is 8.82. The van der Waals surface area contributed by atoms with Crippen molar-refractivity contribution in [3.8, 4) is 23.4 Å². The zero-order valence-electron chi connectivity index (χ0n) is 18.9. The highest BCUT2D eigenvalue weighted by Gasteiger charge is 2.49. The first-order chi connectivity index (χ1) is 17.0. The molecule has 6 rings (SSSR count). The number of aromatic hydroxyl groups is 1. The number of aromatic nitrogens is 3. The molecule has 1 N–H and O–H groups in total. The molecular weight excluding hydrogens is 446 g/mol. The fraction of sp³-hybridized carbons (Fsp3) is 0.231. The number of methoxy groups -OCH3 is 1. The first kappa shape index (κ1) is 21.0. The summed E-state index contributed by atoms with van der Waals surface area (Å²) in [5, 5.41) is 21.3. The van der Waals surface area contributed by atoms with Crippen LogP contribution in [-0.2, 0) is 11.2 Å². The Morgan fingerprint density at radius 2 is 2.03 bits per heavy atom. The van der Waals surface area contributed by atoms with Gasteiger partial charge in [0.25, 0.3) is 0 Å². The van der Waals surface area contributed by atoms with Gasteiger partial charge in [-0.3, -0.25) is 14.3 Å². The molecule has 4 aromatic rings. The summed E-state index contributed by atoms with van der Waals surface area (Å²) in [5.41, 5.74) is 2.27. The van der Waals surface area contributed by atoms with Gasteiger partial charge < -0.3 is 14.7 Å². The maximum atomic E-state index is 13.5. The van der Waals surface area contributed by atoms with E-state index in [2.05, 4.69) is 11.1 Å². The Bertz CT molecular complexity index is 1600.